The van der Waals surface area contributed by atoms with Crippen LogP contribution in [0, 0.1) is 0 Å². The van der Waals surface area contributed by atoms with E-state index in [2.05, 4.69) is 57.7 Å². The topological polar surface area (TPSA) is 37.0 Å². The quantitative estimate of drug-likeness (QED) is 0.762. The summed E-state index contributed by atoms with van der Waals surface area (Å²) < 4.78 is 11.0. The Bertz CT molecular complexity index is 1040. The van der Waals surface area contributed by atoms with Crippen molar-refractivity contribution >= 4 is 22.9 Å². The molecule has 160 valence electrons. The maximum atomic E-state index is 6.14. The molecular formula is C25H26ClN3O2. The van der Waals surface area contributed by atoms with E-state index in [0.29, 0.717) is 0 Å². The lowest BCUT2D eigenvalue weighted by Crippen LogP contribution is -2.40. The summed E-state index contributed by atoms with van der Waals surface area (Å²) in [5.41, 5.74) is 5.86. The molecule has 0 amide bonds. The largest absolute Gasteiger partial charge is 0.497 e. The Morgan fingerprint density at radius 3 is 2.68 bits per heavy atom. The van der Waals surface area contributed by atoms with Crippen LogP contribution in [0.4, 0.5) is 0 Å². The highest BCUT2D eigenvalue weighted by Crippen LogP contribution is 2.35. The third-order valence-corrected chi connectivity index (χ3v) is 6.19. The number of methoxy groups -OCH3 is 1. The van der Waals surface area contributed by atoms with Crippen LogP contribution >= 0.6 is 11.6 Å². The SMILES string of the molecule is COc1cccc(C2=CN3C(CN4CCOCC4)=C(c4ccc(Cl)cc4)NC3C=C2)c1. The van der Waals surface area contributed by atoms with Crippen molar-refractivity contribution < 1.29 is 9.47 Å². The molecule has 3 aliphatic heterocycles. The number of rotatable bonds is 5. The lowest BCUT2D eigenvalue weighted by molar-refractivity contribution is 0.0401. The van der Waals surface area contributed by atoms with E-state index in [1.165, 1.54) is 5.70 Å². The normalized spacial score (nSPS) is 21.0. The molecule has 0 aromatic heterocycles. The molecule has 2 aromatic rings. The van der Waals surface area contributed by atoms with Crippen LogP contribution in [0.1, 0.15) is 11.1 Å². The summed E-state index contributed by atoms with van der Waals surface area (Å²) in [7, 11) is 1.70. The fourth-order valence-corrected chi connectivity index (χ4v) is 4.38. The molecule has 0 aliphatic carbocycles. The zero-order valence-corrected chi connectivity index (χ0v) is 18.3. The molecule has 31 heavy (non-hydrogen) atoms. The van der Waals surface area contributed by atoms with E-state index in [1.54, 1.807) is 7.11 Å². The average Bonchev–Trinajstić information content (AvgIpc) is 3.18. The summed E-state index contributed by atoms with van der Waals surface area (Å²) in [6, 6.07) is 16.3. The molecule has 1 atom stereocenters. The number of halogens is 1. The van der Waals surface area contributed by atoms with E-state index in [4.69, 9.17) is 21.1 Å². The van der Waals surface area contributed by atoms with Gasteiger partial charge < -0.3 is 19.7 Å². The van der Waals surface area contributed by atoms with E-state index >= 15 is 0 Å². The lowest BCUT2D eigenvalue weighted by atomic mass is 10.0. The molecule has 0 saturated carbocycles. The van der Waals surface area contributed by atoms with Crippen molar-refractivity contribution in [3.63, 3.8) is 0 Å². The number of morpholine rings is 1. The molecule has 0 radical (unpaired) electrons. The van der Waals surface area contributed by atoms with Crippen LogP contribution in [0.5, 0.6) is 5.75 Å². The lowest BCUT2D eigenvalue weighted by Gasteiger charge is -2.32. The van der Waals surface area contributed by atoms with Crippen LogP contribution in [0.2, 0.25) is 5.02 Å². The Kier molecular flexibility index (Phi) is 5.72. The van der Waals surface area contributed by atoms with E-state index < -0.39 is 0 Å². The van der Waals surface area contributed by atoms with Crippen LogP contribution < -0.4 is 10.1 Å². The van der Waals surface area contributed by atoms with Gasteiger partial charge in [-0.05, 0) is 47.0 Å². The number of allylic oxidation sites excluding steroid dienone is 2. The first-order valence-electron chi connectivity index (χ1n) is 10.6. The third kappa shape index (κ3) is 4.22. The monoisotopic (exact) mass is 435 g/mol. The fraction of sp³-hybridized carbons (Fsp3) is 0.280. The standard InChI is InChI=1S/C25H26ClN3O2/c1-30-22-4-2-3-19(15-22)20-7-10-24-27-25(18-5-8-21(26)9-6-18)23(29(24)16-20)17-28-11-13-31-14-12-28/h2-10,15-16,24,27H,11-14,17H2,1H3. The van der Waals surface area contributed by atoms with E-state index in [1.807, 2.05) is 24.3 Å². The third-order valence-electron chi connectivity index (χ3n) is 5.94. The average molecular weight is 436 g/mol. The van der Waals surface area contributed by atoms with Crippen molar-refractivity contribution in [1.29, 1.82) is 0 Å². The van der Waals surface area contributed by atoms with Crippen molar-refractivity contribution in [1.82, 2.24) is 15.1 Å². The van der Waals surface area contributed by atoms with Gasteiger partial charge in [0.2, 0.25) is 0 Å². The highest BCUT2D eigenvalue weighted by molar-refractivity contribution is 6.30. The molecule has 1 saturated heterocycles. The van der Waals surface area contributed by atoms with Crippen LogP contribution in [0.25, 0.3) is 11.3 Å². The minimum Gasteiger partial charge on any atom is -0.497 e. The van der Waals surface area contributed by atoms with Gasteiger partial charge in [0, 0.05) is 30.9 Å². The predicted octanol–water partition coefficient (Wildman–Crippen LogP) is 4.19. The fourth-order valence-electron chi connectivity index (χ4n) is 4.26. The number of hydrogen-bond donors (Lipinski definition) is 1. The molecule has 6 heteroatoms. The maximum absolute atomic E-state index is 6.14. The zero-order valence-electron chi connectivity index (χ0n) is 17.6. The zero-order chi connectivity index (χ0) is 21.2. The number of ether oxygens (including phenoxy) is 2. The van der Waals surface area contributed by atoms with E-state index in [9.17, 15) is 0 Å². The van der Waals surface area contributed by atoms with Gasteiger partial charge in [-0.25, -0.2) is 0 Å². The molecule has 0 bridgehead atoms. The second-order valence-corrected chi connectivity index (χ2v) is 8.33. The summed E-state index contributed by atoms with van der Waals surface area (Å²) in [5, 5.41) is 4.46. The van der Waals surface area contributed by atoms with Crippen molar-refractivity contribution in [2.45, 2.75) is 6.17 Å². The van der Waals surface area contributed by atoms with Crippen LogP contribution in [0.15, 0.2) is 72.6 Å². The van der Waals surface area contributed by atoms with Crippen LogP contribution in [0.3, 0.4) is 0 Å². The van der Waals surface area contributed by atoms with Crippen LogP contribution in [-0.2, 0) is 4.74 Å². The molecule has 1 N–H and O–H groups in total. The summed E-state index contributed by atoms with van der Waals surface area (Å²) in [6.07, 6.45) is 6.73. The Morgan fingerprint density at radius 1 is 1.10 bits per heavy atom. The number of hydrogen-bond acceptors (Lipinski definition) is 5. The summed E-state index contributed by atoms with van der Waals surface area (Å²) in [5.74, 6) is 0.861. The molecule has 0 spiro atoms. The van der Waals surface area contributed by atoms with Gasteiger partial charge in [-0.3, -0.25) is 4.90 Å². The van der Waals surface area contributed by atoms with Gasteiger partial charge in [0.1, 0.15) is 11.9 Å². The van der Waals surface area contributed by atoms with Gasteiger partial charge in [-0.15, -0.1) is 0 Å². The smallest absolute Gasteiger partial charge is 0.123 e. The first kappa shape index (κ1) is 20.2. The van der Waals surface area contributed by atoms with E-state index in [-0.39, 0.29) is 6.17 Å². The van der Waals surface area contributed by atoms with Crippen LogP contribution in [-0.4, -0.2) is 55.9 Å². The van der Waals surface area contributed by atoms with Gasteiger partial charge in [0.15, 0.2) is 0 Å². The van der Waals surface area contributed by atoms with Crippen molar-refractivity contribution in [3.05, 3.63) is 88.7 Å². The molecular weight excluding hydrogens is 410 g/mol. The molecule has 1 unspecified atom stereocenters. The maximum Gasteiger partial charge on any atom is 0.123 e. The molecule has 5 nitrogen and oxygen atoms in total. The first-order valence-corrected chi connectivity index (χ1v) is 11.0. The van der Waals surface area contributed by atoms with Crippen molar-refractivity contribution in [2.75, 3.05) is 40.0 Å². The van der Waals surface area contributed by atoms with Gasteiger partial charge in [-0.1, -0.05) is 41.9 Å². The van der Waals surface area contributed by atoms with Gasteiger partial charge in [0.05, 0.1) is 31.7 Å². The van der Waals surface area contributed by atoms with Crippen molar-refractivity contribution in [3.8, 4) is 5.75 Å². The Hall–Kier alpha value is -2.73. The summed E-state index contributed by atoms with van der Waals surface area (Å²) >= 11 is 6.14. The highest BCUT2D eigenvalue weighted by atomic mass is 35.5. The summed E-state index contributed by atoms with van der Waals surface area (Å²) in [4.78, 5) is 4.81. The predicted molar refractivity (Wildman–Crippen MR) is 125 cm³/mol. The molecule has 3 aliphatic rings. The highest BCUT2D eigenvalue weighted by Gasteiger charge is 2.32. The van der Waals surface area contributed by atoms with Crippen molar-refractivity contribution in [2.24, 2.45) is 0 Å². The van der Waals surface area contributed by atoms with E-state index in [0.717, 1.165) is 66.0 Å². The molecule has 3 heterocycles. The second kappa shape index (κ2) is 8.79. The van der Waals surface area contributed by atoms with Gasteiger partial charge in [0.25, 0.3) is 0 Å². The summed E-state index contributed by atoms with van der Waals surface area (Å²) in [6.45, 7) is 4.31. The number of nitrogens with zero attached hydrogens (tertiary/aromatic N) is 2. The number of benzene rings is 2. The minimum atomic E-state index is 0.0936. The number of fused-ring (bicyclic) bond motifs is 1. The minimum absolute atomic E-state index is 0.0936. The first-order chi connectivity index (χ1) is 15.2. The van der Waals surface area contributed by atoms with Gasteiger partial charge >= 0.3 is 0 Å². The Balaban J connectivity index is 1.52. The Labute approximate surface area is 188 Å². The Morgan fingerprint density at radius 2 is 1.90 bits per heavy atom. The number of nitrogens with one attached hydrogen (secondary N) is 1. The molecule has 2 aromatic carbocycles. The molecule has 5 rings (SSSR count). The van der Waals surface area contributed by atoms with Gasteiger partial charge in [-0.2, -0.15) is 0 Å². The second-order valence-electron chi connectivity index (χ2n) is 7.89. The molecule has 1 fully saturated rings.